The highest BCUT2D eigenvalue weighted by atomic mass is 35.5. The lowest BCUT2D eigenvalue weighted by molar-refractivity contribution is 0.0677. The van der Waals surface area contributed by atoms with Gasteiger partial charge in [-0.05, 0) is 30.7 Å². The Balaban J connectivity index is 1.28. The molecule has 4 heterocycles. The maximum atomic E-state index is 14.9. The van der Waals surface area contributed by atoms with E-state index in [0.29, 0.717) is 56.8 Å². The number of hydrogen-bond acceptors (Lipinski definition) is 7. The van der Waals surface area contributed by atoms with Crippen molar-refractivity contribution in [3.63, 3.8) is 0 Å². The van der Waals surface area contributed by atoms with Crippen LogP contribution in [0.15, 0.2) is 52.6 Å². The molecule has 12 heteroatoms. The van der Waals surface area contributed by atoms with Gasteiger partial charge in [-0.2, -0.15) is 5.10 Å². The van der Waals surface area contributed by atoms with Crippen molar-refractivity contribution in [2.24, 2.45) is 0 Å². The van der Waals surface area contributed by atoms with Crippen LogP contribution in [0.5, 0.6) is 0 Å². The van der Waals surface area contributed by atoms with Crippen LogP contribution in [0.1, 0.15) is 40.4 Å². The van der Waals surface area contributed by atoms with Crippen molar-refractivity contribution in [3.8, 4) is 10.8 Å². The maximum absolute atomic E-state index is 14.9. The van der Waals surface area contributed by atoms with Crippen LogP contribution in [0.4, 0.5) is 4.39 Å². The minimum atomic E-state index is -0.606. The van der Waals surface area contributed by atoms with Crippen LogP contribution in [-0.2, 0) is 13.0 Å². The average Bonchev–Trinajstić information content (AvgIpc) is 3.53. The standard InChI is InChI=1S/C25H19ClFN7O2S/c1-13-10-33(11-21-30-31-22(34(13)21)24-28-20(26)12-37-24)25(36)17-8-14(6-7-18(17)27)9-19-15-4-2-3-5-16(15)23(35)32-29-19/h2-8,12-13H,9-11H2,1H3,(H,32,35). The number of fused-ring (bicyclic) bond motifs is 2. The highest BCUT2D eigenvalue weighted by Gasteiger charge is 2.32. The summed E-state index contributed by atoms with van der Waals surface area (Å²) in [7, 11) is 0. The molecule has 1 N–H and O–H groups in total. The predicted molar refractivity (Wildman–Crippen MR) is 137 cm³/mol. The number of nitrogens with zero attached hydrogens (tertiary/aromatic N) is 6. The minimum Gasteiger partial charge on any atom is -0.329 e. The number of nitrogens with one attached hydrogen (secondary N) is 1. The van der Waals surface area contributed by atoms with Gasteiger partial charge < -0.3 is 9.47 Å². The summed E-state index contributed by atoms with van der Waals surface area (Å²) in [5.41, 5.74) is 1.03. The molecule has 1 aliphatic heterocycles. The van der Waals surface area contributed by atoms with E-state index in [1.54, 1.807) is 34.5 Å². The largest absolute Gasteiger partial charge is 0.329 e. The topological polar surface area (TPSA) is 110 Å². The van der Waals surface area contributed by atoms with E-state index in [2.05, 4.69) is 25.4 Å². The summed E-state index contributed by atoms with van der Waals surface area (Å²) in [4.78, 5) is 31.4. The third-order valence-electron chi connectivity index (χ3n) is 6.39. The Morgan fingerprint density at radius 1 is 1.22 bits per heavy atom. The molecule has 0 aliphatic carbocycles. The van der Waals surface area contributed by atoms with Crippen molar-refractivity contribution in [2.45, 2.75) is 25.9 Å². The van der Waals surface area contributed by atoms with Crippen molar-refractivity contribution in [1.82, 2.24) is 34.8 Å². The van der Waals surface area contributed by atoms with Gasteiger partial charge in [-0.15, -0.1) is 21.5 Å². The van der Waals surface area contributed by atoms with Crippen LogP contribution in [0, 0.1) is 5.82 Å². The van der Waals surface area contributed by atoms with Gasteiger partial charge in [0.25, 0.3) is 11.5 Å². The first-order valence-corrected chi connectivity index (χ1v) is 12.7. The number of aromatic amines is 1. The molecule has 0 radical (unpaired) electrons. The van der Waals surface area contributed by atoms with Crippen molar-refractivity contribution in [1.29, 1.82) is 0 Å². The lowest BCUT2D eigenvalue weighted by Gasteiger charge is -2.32. The summed E-state index contributed by atoms with van der Waals surface area (Å²) in [6.07, 6.45) is 0.322. The molecule has 9 nitrogen and oxygen atoms in total. The molecule has 2 aromatic carbocycles. The molecular weight excluding hydrogens is 517 g/mol. The van der Waals surface area contributed by atoms with Gasteiger partial charge >= 0.3 is 0 Å². The van der Waals surface area contributed by atoms with E-state index in [1.165, 1.54) is 17.4 Å². The van der Waals surface area contributed by atoms with Crippen LogP contribution in [0.25, 0.3) is 21.6 Å². The third-order valence-corrected chi connectivity index (χ3v) is 7.55. The number of aromatic nitrogens is 6. The highest BCUT2D eigenvalue weighted by Crippen LogP contribution is 2.31. The molecule has 0 fully saturated rings. The molecule has 0 bridgehead atoms. The Kier molecular flexibility index (Phi) is 5.81. The van der Waals surface area contributed by atoms with Crippen molar-refractivity contribution < 1.29 is 9.18 Å². The van der Waals surface area contributed by atoms with Crippen LogP contribution in [0.3, 0.4) is 0 Å². The summed E-state index contributed by atoms with van der Waals surface area (Å²) in [5, 5.41) is 19.2. The molecular formula is C25H19ClFN7O2S. The molecule has 186 valence electrons. The molecule has 1 amide bonds. The third kappa shape index (κ3) is 4.19. The summed E-state index contributed by atoms with van der Waals surface area (Å²) in [5.74, 6) is 0.152. The molecule has 3 aromatic heterocycles. The molecule has 0 saturated carbocycles. The number of thiazole rings is 1. The zero-order valence-electron chi connectivity index (χ0n) is 19.5. The van der Waals surface area contributed by atoms with Gasteiger partial charge in [0.2, 0.25) is 0 Å². The van der Waals surface area contributed by atoms with Gasteiger partial charge in [0.05, 0.1) is 29.2 Å². The monoisotopic (exact) mass is 535 g/mol. The van der Waals surface area contributed by atoms with Gasteiger partial charge in [0, 0.05) is 23.7 Å². The predicted octanol–water partition coefficient (Wildman–Crippen LogP) is 4.24. The van der Waals surface area contributed by atoms with E-state index < -0.39 is 11.7 Å². The second-order valence-electron chi connectivity index (χ2n) is 8.86. The number of carbonyl (C=O) groups excluding carboxylic acids is 1. The minimum absolute atomic E-state index is 0.0293. The van der Waals surface area contributed by atoms with Crippen molar-refractivity contribution in [2.75, 3.05) is 6.54 Å². The number of halogens is 2. The quantitative estimate of drug-likeness (QED) is 0.368. The zero-order chi connectivity index (χ0) is 25.7. The summed E-state index contributed by atoms with van der Waals surface area (Å²) in [6, 6.07) is 11.5. The fraction of sp³-hybridized carbons (Fsp3) is 0.200. The smallest absolute Gasteiger partial charge is 0.272 e. The lowest BCUT2D eigenvalue weighted by Crippen LogP contribution is -2.40. The SMILES string of the molecule is CC1CN(C(=O)c2cc(Cc3n[nH]c(=O)c4ccccc34)ccc2F)Cc2nnc(-c3nc(Cl)cs3)n21. The summed E-state index contributed by atoms with van der Waals surface area (Å²) in [6.45, 7) is 2.49. The second kappa shape index (κ2) is 9.16. The molecule has 37 heavy (non-hydrogen) atoms. The zero-order valence-corrected chi connectivity index (χ0v) is 21.1. The molecule has 0 spiro atoms. The lowest BCUT2D eigenvalue weighted by atomic mass is 10.0. The van der Waals surface area contributed by atoms with Crippen LogP contribution >= 0.6 is 22.9 Å². The molecule has 6 rings (SSSR count). The summed E-state index contributed by atoms with van der Waals surface area (Å²) < 4.78 is 16.8. The fourth-order valence-electron chi connectivity index (χ4n) is 4.70. The Morgan fingerprint density at radius 3 is 2.81 bits per heavy atom. The van der Waals surface area contributed by atoms with E-state index >= 15 is 0 Å². The highest BCUT2D eigenvalue weighted by molar-refractivity contribution is 7.13. The van der Waals surface area contributed by atoms with Gasteiger partial charge in [-0.25, -0.2) is 14.5 Å². The number of H-pyrrole nitrogens is 1. The maximum Gasteiger partial charge on any atom is 0.272 e. The average molecular weight is 536 g/mol. The second-order valence-corrected chi connectivity index (χ2v) is 10.1. The normalized spacial score (nSPS) is 15.2. The molecule has 0 saturated heterocycles. The number of benzene rings is 2. The number of amides is 1. The van der Waals surface area contributed by atoms with E-state index in [4.69, 9.17) is 11.6 Å². The first-order valence-electron chi connectivity index (χ1n) is 11.5. The summed E-state index contributed by atoms with van der Waals surface area (Å²) >= 11 is 7.35. The molecule has 1 atom stereocenters. The Morgan fingerprint density at radius 2 is 2.03 bits per heavy atom. The van der Waals surface area contributed by atoms with E-state index in [1.807, 2.05) is 23.6 Å². The van der Waals surface area contributed by atoms with E-state index in [-0.39, 0.29) is 23.7 Å². The first kappa shape index (κ1) is 23.4. The van der Waals surface area contributed by atoms with Crippen molar-refractivity contribution >= 4 is 39.6 Å². The Bertz CT molecular complexity index is 1730. The van der Waals surface area contributed by atoms with E-state index in [9.17, 15) is 14.0 Å². The Hall–Kier alpha value is -3.96. The fourth-order valence-corrected chi connectivity index (χ4v) is 5.63. The van der Waals surface area contributed by atoms with Crippen LogP contribution < -0.4 is 5.56 Å². The Labute approximate surface area is 218 Å². The molecule has 5 aromatic rings. The number of rotatable bonds is 4. The van der Waals surface area contributed by atoms with Gasteiger partial charge in [0.15, 0.2) is 16.7 Å². The number of carbonyl (C=O) groups is 1. The molecule has 1 aliphatic rings. The molecule has 1 unspecified atom stereocenters. The van der Waals surface area contributed by atoms with Gasteiger partial charge in [0.1, 0.15) is 11.0 Å². The van der Waals surface area contributed by atoms with Gasteiger partial charge in [-0.1, -0.05) is 35.9 Å². The first-order chi connectivity index (χ1) is 17.9. The van der Waals surface area contributed by atoms with Gasteiger partial charge in [-0.3, -0.25) is 9.59 Å². The number of hydrogen-bond donors (Lipinski definition) is 1. The van der Waals surface area contributed by atoms with Crippen LogP contribution in [-0.4, -0.2) is 47.3 Å². The van der Waals surface area contributed by atoms with Crippen LogP contribution in [0.2, 0.25) is 5.15 Å². The van der Waals surface area contributed by atoms with Crippen molar-refractivity contribution in [3.05, 3.63) is 91.8 Å². The van der Waals surface area contributed by atoms with E-state index in [0.717, 1.165) is 0 Å².